The third-order valence-corrected chi connectivity index (χ3v) is 3.99. The van der Waals surface area contributed by atoms with Crippen molar-refractivity contribution in [2.45, 2.75) is 46.6 Å². The summed E-state index contributed by atoms with van der Waals surface area (Å²) in [6.45, 7) is 9.30. The molecule has 0 spiro atoms. The Labute approximate surface area is 135 Å². The molecule has 0 aromatic heterocycles. The van der Waals surface area contributed by atoms with Gasteiger partial charge in [0, 0.05) is 27.6 Å². The van der Waals surface area contributed by atoms with E-state index >= 15 is 0 Å². The number of benzene rings is 1. The highest BCUT2D eigenvalue weighted by atomic mass is 79.9. The lowest BCUT2D eigenvalue weighted by Gasteiger charge is -2.32. The molecule has 0 heterocycles. The zero-order chi connectivity index (χ0) is 15.3. The first-order valence-electron chi connectivity index (χ1n) is 7.16. The minimum Gasteiger partial charge on any atom is -0.335 e. The van der Waals surface area contributed by atoms with Crippen molar-refractivity contribution >= 4 is 33.4 Å². The Morgan fingerprint density at radius 2 is 1.85 bits per heavy atom. The first kappa shape index (κ1) is 17.5. The van der Waals surface area contributed by atoms with Crippen molar-refractivity contribution in [3.8, 4) is 0 Å². The van der Waals surface area contributed by atoms with Crippen molar-refractivity contribution in [2.75, 3.05) is 6.54 Å². The fraction of sp³-hybridized carbons (Fsp3) is 0.562. The van der Waals surface area contributed by atoms with Gasteiger partial charge in [0.2, 0.25) is 0 Å². The summed E-state index contributed by atoms with van der Waals surface area (Å²) in [6.07, 6.45) is 1.94. The number of nitrogens with zero attached hydrogens (tertiary/aromatic N) is 1. The van der Waals surface area contributed by atoms with Crippen LogP contribution < -0.4 is 0 Å². The molecule has 2 nitrogen and oxygen atoms in total. The lowest BCUT2D eigenvalue weighted by atomic mass is 10.1. The Kier molecular flexibility index (Phi) is 7.04. The van der Waals surface area contributed by atoms with Crippen molar-refractivity contribution in [2.24, 2.45) is 5.92 Å². The van der Waals surface area contributed by atoms with Crippen LogP contribution in [0.5, 0.6) is 0 Å². The van der Waals surface area contributed by atoms with Crippen molar-refractivity contribution < 1.29 is 4.79 Å². The Morgan fingerprint density at radius 3 is 2.30 bits per heavy atom. The molecule has 0 aliphatic carbocycles. The Bertz CT molecular complexity index is 438. The van der Waals surface area contributed by atoms with Crippen LogP contribution in [0.2, 0.25) is 5.02 Å². The molecule has 112 valence electrons. The molecule has 0 atom stereocenters. The average Bonchev–Trinajstić information content (AvgIpc) is 2.36. The molecule has 0 saturated heterocycles. The van der Waals surface area contributed by atoms with Gasteiger partial charge in [-0.05, 0) is 37.0 Å². The summed E-state index contributed by atoms with van der Waals surface area (Å²) in [7, 11) is 0. The van der Waals surface area contributed by atoms with E-state index < -0.39 is 0 Å². The van der Waals surface area contributed by atoms with Crippen molar-refractivity contribution in [3.05, 3.63) is 33.3 Å². The van der Waals surface area contributed by atoms with E-state index in [-0.39, 0.29) is 11.9 Å². The summed E-state index contributed by atoms with van der Waals surface area (Å²) in [5.41, 5.74) is 0.650. The number of hydrogen-bond acceptors (Lipinski definition) is 1. The van der Waals surface area contributed by atoms with Crippen LogP contribution in [-0.2, 0) is 0 Å². The number of carbonyl (C=O) groups excluding carboxylic acids is 1. The zero-order valence-electron chi connectivity index (χ0n) is 12.6. The lowest BCUT2D eigenvalue weighted by Crippen LogP contribution is -2.42. The molecule has 0 N–H and O–H groups in total. The SMILES string of the molecule is CCC(CC)N(CC(C)C)C(=O)c1cc(Cl)cc(Br)c1. The van der Waals surface area contributed by atoms with Crippen molar-refractivity contribution in [3.63, 3.8) is 0 Å². The van der Waals surface area contributed by atoms with Gasteiger partial charge in [0.15, 0.2) is 0 Å². The Hall–Kier alpha value is -0.540. The summed E-state index contributed by atoms with van der Waals surface area (Å²) in [4.78, 5) is 14.8. The molecule has 0 saturated carbocycles. The highest BCUT2D eigenvalue weighted by Gasteiger charge is 2.23. The highest BCUT2D eigenvalue weighted by molar-refractivity contribution is 9.10. The van der Waals surface area contributed by atoms with Crippen LogP contribution in [-0.4, -0.2) is 23.4 Å². The largest absolute Gasteiger partial charge is 0.335 e. The average molecular weight is 361 g/mol. The number of carbonyl (C=O) groups is 1. The summed E-state index contributed by atoms with van der Waals surface area (Å²) >= 11 is 9.45. The molecule has 0 fully saturated rings. The quantitative estimate of drug-likeness (QED) is 0.666. The molecule has 0 radical (unpaired) electrons. The maximum atomic E-state index is 12.8. The van der Waals surface area contributed by atoms with E-state index in [1.807, 2.05) is 11.0 Å². The van der Waals surface area contributed by atoms with Crippen molar-refractivity contribution in [1.82, 2.24) is 4.90 Å². The second-order valence-corrected chi connectivity index (χ2v) is 6.83. The van der Waals surface area contributed by atoms with Crippen LogP contribution in [0.25, 0.3) is 0 Å². The van der Waals surface area contributed by atoms with Crippen LogP contribution >= 0.6 is 27.5 Å². The van der Waals surface area contributed by atoms with Gasteiger partial charge in [0.05, 0.1) is 0 Å². The molecule has 0 aliphatic rings. The topological polar surface area (TPSA) is 20.3 Å². The number of hydrogen-bond donors (Lipinski definition) is 0. The van der Waals surface area contributed by atoms with E-state index in [1.165, 1.54) is 0 Å². The highest BCUT2D eigenvalue weighted by Crippen LogP contribution is 2.22. The minimum atomic E-state index is 0.0654. The van der Waals surface area contributed by atoms with Crippen LogP contribution in [0.15, 0.2) is 22.7 Å². The third-order valence-electron chi connectivity index (χ3n) is 3.32. The molecular weight excluding hydrogens is 338 g/mol. The molecular formula is C16H23BrClNO. The third kappa shape index (κ3) is 4.78. The fourth-order valence-electron chi connectivity index (χ4n) is 2.36. The van der Waals surface area contributed by atoms with E-state index in [2.05, 4.69) is 43.6 Å². The summed E-state index contributed by atoms with van der Waals surface area (Å²) in [5, 5.41) is 0.580. The lowest BCUT2D eigenvalue weighted by molar-refractivity contribution is 0.0640. The summed E-state index contributed by atoms with van der Waals surface area (Å²) in [5.74, 6) is 0.512. The number of amides is 1. The molecule has 0 unspecified atom stereocenters. The van der Waals surface area contributed by atoms with Gasteiger partial charge < -0.3 is 4.90 Å². The van der Waals surface area contributed by atoms with Gasteiger partial charge in [-0.3, -0.25) is 4.79 Å². The normalized spacial score (nSPS) is 11.2. The van der Waals surface area contributed by atoms with E-state index in [0.717, 1.165) is 23.9 Å². The van der Waals surface area contributed by atoms with Gasteiger partial charge in [0.1, 0.15) is 0 Å². The van der Waals surface area contributed by atoms with Gasteiger partial charge >= 0.3 is 0 Å². The Morgan fingerprint density at radius 1 is 1.25 bits per heavy atom. The van der Waals surface area contributed by atoms with Gasteiger partial charge in [-0.2, -0.15) is 0 Å². The van der Waals surface area contributed by atoms with Crippen molar-refractivity contribution in [1.29, 1.82) is 0 Å². The molecule has 0 bridgehead atoms. The molecule has 4 heteroatoms. The molecule has 20 heavy (non-hydrogen) atoms. The fourth-order valence-corrected chi connectivity index (χ4v) is 3.22. The predicted octanol–water partition coefficient (Wildman–Crippen LogP) is 5.39. The molecule has 1 amide bonds. The van der Waals surface area contributed by atoms with Gasteiger partial charge in [-0.15, -0.1) is 0 Å². The summed E-state index contributed by atoms with van der Waals surface area (Å²) in [6, 6.07) is 5.65. The first-order valence-corrected chi connectivity index (χ1v) is 8.33. The van der Waals surface area contributed by atoms with Crippen LogP contribution in [0.1, 0.15) is 50.9 Å². The van der Waals surface area contributed by atoms with Crippen LogP contribution in [0.4, 0.5) is 0 Å². The molecule has 1 aromatic rings. The monoisotopic (exact) mass is 359 g/mol. The van der Waals surface area contributed by atoms with E-state index in [0.29, 0.717) is 16.5 Å². The van der Waals surface area contributed by atoms with Crippen LogP contribution in [0, 0.1) is 5.92 Å². The van der Waals surface area contributed by atoms with Crippen LogP contribution in [0.3, 0.4) is 0 Å². The van der Waals surface area contributed by atoms with E-state index in [4.69, 9.17) is 11.6 Å². The molecule has 0 aliphatic heterocycles. The zero-order valence-corrected chi connectivity index (χ0v) is 15.0. The molecule has 1 aromatic carbocycles. The minimum absolute atomic E-state index is 0.0654. The first-order chi connectivity index (χ1) is 9.38. The smallest absolute Gasteiger partial charge is 0.254 e. The maximum Gasteiger partial charge on any atom is 0.254 e. The van der Waals surface area contributed by atoms with E-state index in [9.17, 15) is 4.79 Å². The second-order valence-electron chi connectivity index (χ2n) is 5.48. The Balaban J connectivity index is 3.08. The maximum absolute atomic E-state index is 12.8. The summed E-state index contributed by atoms with van der Waals surface area (Å²) < 4.78 is 0.836. The standard InChI is InChI=1S/C16H23BrClNO/c1-5-15(6-2)19(10-11(3)4)16(20)12-7-13(17)9-14(18)8-12/h7-9,11,15H,5-6,10H2,1-4H3. The van der Waals surface area contributed by atoms with Gasteiger partial charge in [0.25, 0.3) is 5.91 Å². The number of halogens is 2. The number of rotatable bonds is 6. The van der Waals surface area contributed by atoms with Gasteiger partial charge in [-0.1, -0.05) is 55.2 Å². The van der Waals surface area contributed by atoms with E-state index in [1.54, 1.807) is 12.1 Å². The molecule has 1 rings (SSSR count). The van der Waals surface area contributed by atoms with Gasteiger partial charge in [-0.25, -0.2) is 0 Å². The predicted molar refractivity (Wildman–Crippen MR) is 89.4 cm³/mol. The second kappa shape index (κ2) is 8.04.